The van der Waals surface area contributed by atoms with Gasteiger partial charge >= 0.3 is 23.9 Å². The first-order valence-electron chi connectivity index (χ1n) is 5.73. The molecule has 0 saturated heterocycles. The molecule has 2 N–H and O–H groups in total. The molecule has 0 amide bonds. The third-order valence-corrected chi connectivity index (χ3v) is 2.11. The fourth-order valence-corrected chi connectivity index (χ4v) is 1.20. The molecule has 0 aliphatic heterocycles. The number of carbonyl (C=O) groups excluding carboxylic acids is 2. The molecule has 0 bridgehead atoms. The van der Waals surface area contributed by atoms with E-state index in [2.05, 4.69) is 9.47 Å². The Morgan fingerprint density at radius 1 is 0.818 bits per heavy atom. The lowest BCUT2D eigenvalue weighted by Crippen LogP contribution is -2.11. The molecular formula is C14H14O8. The molecule has 1 aromatic rings. The van der Waals surface area contributed by atoms with E-state index >= 15 is 0 Å². The Morgan fingerprint density at radius 3 is 1.36 bits per heavy atom. The molecule has 1 aromatic carbocycles. The molecule has 0 aliphatic carbocycles. The Balaban J connectivity index is 0.000000472. The molecule has 1 rings (SSSR count). The van der Waals surface area contributed by atoms with Crippen LogP contribution in [0.25, 0.3) is 0 Å². The molecule has 0 aromatic heterocycles. The van der Waals surface area contributed by atoms with Gasteiger partial charge < -0.3 is 19.7 Å². The number of ether oxygens (including phenoxy) is 2. The van der Waals surface area contributed by atoms with Gasteiger partial charge in [-0.1, -0.05) is 12.1 Å². The van der Waals surface area contributed by atoms with Gasteiger partial charge in [-0.3, -0.25) is 0 Å². The molecule has 0 spiro atoms. The van der Waals surface area contributed by atoms with Gasteiger partial charge in [-0.15, -0.1) is 0 Å². The topological polar surface area (TPSA) is 127 Å². The zero-order valence-electron chi connectivity index (χ0n) is 11.8. The summed E-state index contributed by atoms with van der Waals surface area (Å²) in [5, 5.41) is 15.6. The van der Waals surface area contributed by atoms with E-state index in [1.165, 1.54) is 26.4 Å². The molecule has 0 aliphatic rings. The van der Waals surface area contributed by atoms with Crippen molar-refractivity contribution in [3.8, 4) is 0 Å². The van der Waals surface area contributed by atoms with Crippen molar-refractivity contribution in [1.29, 1.82) is 0 Å². The van der Waals surface area contributed by atoms with Crippen LogP contribution in [0.15, 0.2) is 36.4 Å². The van der Waals surface area contributed by atoms with E-state index in [0.29, 0.717) is 12.2 Å². The Hall–Kier alpha value is -3.16. The summed E-state index contributed by atoms with van der Waals surface area (Å²) < 4.78 is 9.05. The average molecular weight is 310 g/mol. The maximum atomic E-state index is 11.2. The molecule has 0 fully saturated rings. The molecule has 0 saturated carbocycles. The van der Waals surface area contributed by atoms with Crippen LogP contribution in [0.3, 0.4) is 0 Å². The minimum atomic E-state index is -1.26. The third-order valence-electron chi connectivity index (χ3n) is 2.11. The number of aliphatic carboxylic acids is 2. The van der Waals surface area contributed by atoms with Crippen molar-refractivity contribution < 1.29 is 38.9 Å². The highest BCUT2D eigenvalue weighted by Gasteiger charge is 2.16. The van der Waals surface area contributed by atoms with Crippen LogP contribution in [0.4, 0.5) is 0 Å². The highest BCUT2D eigenvalue weighted by atomic mass is 16.5. The van der Waals surface area contributed by atoms with Crippen molar-refractivity contribution in [2.45, 2.75) is 0 Å². The number of hydrogen-bond acceptors (Lipinski definition) is 6. The maximum absolute atomic E-state index is 11.2. The predicted molar refractivity (Wildman–Crippen MR) is 73.5 cm³/mol. The molecule has 8 heteroatoms. The molecule has 0 unspecified atom stereocenters. The Morgan fingerprint density at radius 2 is 1.14 bits per heavy atom. The van der Waals surface area contributed by atoms with Crippen LogP contribution < -0.4 is 0 Å². The summed E-state index contributed by atoms with van der Waals surface area (Å²) in [6.07, 6.45) is 1.12. The van der Waals surface area contributed by atoms with E-state index in [1.807, 2.05) is 0 Å². The van der Waals surface area contributed by atoms with Gasteiger partial charge in [-0.2, -0.15) is 0 Å². The second-order valence-corrected chi connectivity index (χ2v) is 3.54. The first-order valence-corrected chi connectivity index (χ1v) is 5.73. The lowest BCUT2D eigenvalue weighted by atomic mass is 10.1. The second kappa shape index (κ2) is 9.70. The molecule has 118 valence electrons. The van der Waals surface area contributed by atoms with E-state index in [9.17, 15) is 19.2 Å². The van der Waals surface area contributed by atoms with Crippen molar-refractivity contribution in [2.75, 3.05) is 14.2 Å². The van der Waals surface area contributed by atoms with Gasteiger partial charge in [0.05, 0.1) is 25.3 Å². The lowest BCUT2D eigenvalue weighted by Gasteiger charge is -2.04. The Kier molecular flexibility index (Phi) is 8.31. The van der Waals surface area contributed by atoms with Crippen molar-refractivity contribution >= 4 is 23.9 Å². The number of esters is 2. The highest BCUT2D eigenvalue weighted by Crippen LogP contribution is 2.10. The number of benzene rings is 1. The normalized spacial score (nSPS) is 9.36. The summed E-state index contributed by atoms with van der Waals surface area (Å²) in [6, 6.07) is 6.33. The molecule has 8 nitrogen and oxygen atoms in total. The predicted octanol–water partition coefficient (Wildman–Crippen LogP) is 0.972. The smallest absolute Gasteiger partial charge is 0.338 e. The van der Waals surface area contributed by atoms with Crippen LogP contribution in [0, 0.1) is 0 Å². The summed E-state index contributed by atoms with van der Waals surface area (Å²) in [7, 11) is 2.52. The largest absolute Gasteiger partial charge is 0.478 e. The maximum Gasteiger partial charge on any atom is 0.338 e. The van der Waals surface area contributed by atoms with Crippen molar-refractivity contribution in [1.82, 2.24) is 0 Å². The number of hydrogen-bond donors (Lipinski definition) is 2. The van der Waals surface area contributed by atoms with E-state index in [0.717, 1.165) is 0 Å². The fourth-order valence-electron chi connectivity index (χ4n) is 1.20. The number of methoxy groups -OCH3 is 2. The summed E-state index contributed by atoms with van der Waals surface area (Å²) in [5.41, 5.74) is 0.420. The Labute approximate surface area is 125 Å². The molecule has 0 radical (unpaired) electrons. The van der Waals surface area contributed by atoms with Crippen LogP contribution in [-0.2, 0) is 19.1 Å². The number of carboxylic acids is 2. The van der Waals surface area contributed by atoms with Gasteiger partial charge in [-0.25, -0.2) is 19.2 Å². The van der Waals surface area contributed by atoms with Crippen LogP contribution in [0.1, 0.15) is 20.7 Å². The third kappa shape index (κ3) is 6.85. The van der Waals surface area contributed by atoms with Crippen LogP contribution in [0.5, 0.6) is 0 Å². The SMILES string of the molecule is COC(=O)c1ccccc1C(=O)OC.O=C(O)/C=C/C(=O)O. The zero-order chi connectivity index (χ0) is 17.1. The average Bonchev–Trinajstić information content (AvgIpc) is 2.52. The van der Waals surface area contributed by atoms with Crippen LogP contribution in [0.2, 0.25) is 0 Å². The number of carboxylic acid groups (broad SMARTS) is 2. The summed E-state index contributed by atoms with van der Waals surface area (Å²) in [4.78, 5) is 41.6. The molecule has 0 heterocycles. The fraction of sp³-hybridized carbons (Fsp3) is 0.143. The molecule has 0 atom stereocenters. The number of carbonyl (C=O) groups is 4. The van der Waals surface area contributed by atoms with E-state index < -0.39 is 23.9 Å². The highest BCUT2D eigenvalue weighted by molar-refractivity contribution is 6.03. The van der Waals surface area contributed by atoms with E-state index in [4.69, 9.17) is 10.2 Å². The van der Waals surface area contributed by atoms with Crippen LogP contribution >= 0.6 is 0 Å². The van der Waals surface area contributed by atoms with Gasteiger partial charge in [0.1, 0.15) is 0 Å². The minimum absolute atomic E-state index is 0.210. The van der Waals surface area contributed by atoms with Crippen molar-refractivity contribution in [2.24, 2.45) is 0 Å². The van der Waals surface area contributed by atoms with Crippen molar-refractivity contribution in [3.63, 3.8) is 0 Å². The van der Waals surface area contributed by atoms with Gasteiger partial charge in [0, 0.05) is 12.2 Å². The number of rotatable bonds is 4. The monoisotopic (exact) mass is 310 g/mol. The van der Waals surface area contributed by atoms with Crippen LogP contribution in [-0.4, -0.2) is 48.3 Å². The zero-order valence-corrected chi connectivity index (χ0v) is 11.8. The molecular weight excluding hydrogens is 296 g/mol. The summed E-state index contributed by atoms with van der Waals surface area (Å²) in [5.74, 6) is -3.61. The van der Waals surface area contributed by atoms with Gasteiger partial charge in [0.2, 0.25) is 0 Å². The van der Waals surface area contributed by atoms with Gasteiger partial charge in [-0.05, 0) is 12.1 Å². The van der Waals surface area contributed by atoms with E-state index in [1.54, 1.807) is 12.1 Å². The quantitative estimate of drug-likeness (QED) is 0.622. The summed E-state index contributed by atoms with van der Waals surface area (Å²) >= 11 is 0. The van der Waals surface area contributed by atoms with E-state index in [-0.39, 0.29) is 11.1 Å². The second-order valence-electron chi connectivity index (χ2n) is 3.54. The summed E-state index contributed by atoms with van der Waals surface area (Å²) in [6.45, 7) is 0. The first kappa shape index (κ1) is 18.8. The van der Waals surface area contributed by atoms with Gasteiger partial charge in [0.25, 0.3) is 0 Å². The molecule has 22 heavy (non-hydrogen) atoms. The first-order chi connectivity index (χ1) is 10.3. The van der Waals surface area contributed by atoms with Crippen molar-refractivity contribution in [3.05, 3.63) is 47.5 Å². The Bertz CT molecular complexity index is 537. The standard InChI is InChI=1S/C10H10O4.C4H4O4/c1-13-9(11)7-5-3-4-6-8(7)10(12)14-2;5-3(6)1-2-4(7)8/h3-6H,1-2H3;1-2H,(H,5,6)(H,7,8)/b;2-1+. The minimum Gasteiger partial charge on any atom is -0.478 e. The lowest BCUT2D eigenvalue weighted by molar-refractivity contribution is -0.134. The van der Waals surface area contributed by atoms with Gasteiger partial charge in [0.15, 0.2) is 0 Å².